The Morgan fingerprint density at radius 1 is 1.26 bits per heavy atom. The number of carbonyl (C=O) groups excluding carboxylic acids is 2. The average molecular weight is 391 g/mol. The highest BCUT2D eigenvalue weighted by atomic mass is 32.2. The summed E-state index contributed by atoms with van der Waals surface area (Å²) in [6.45, 7) is 8.63. The van der Waals surface area contributed by atoms with Gasteiger partial charge >= 0.3 is 11.9 Å². The maximum absolute atomic E-state index is 12.4. The van der Waals surface area contributed by atoms with Gasteiger partial charge in [-0.1, -0.05) is 6.92 Å². The fourth-order valence-corrected chi connectivity index (χ4v) is 4.29. The molecule has 1 aliphatic heterocycles. The number of methoxy groups -OCH3 is 1. The van der Waals surface area contributed by atoms with Gasteiger partial charge in [-0.2, -0.15) is 0 Å². The molecule has 3 rings (SSSR count). The molecule has 7 heteroatoms. The van der Waals surface area contributed by atoms with Crippen LogP contribution in [0.25, 0.3) is 10.9 Å². The zero-order valence-corrected chi connectivity index (χ0v) is 17.3. The molecule has 0 amide bonds. The van der Waals surface area contributed by atoms with Crippen molar-refractivity contribution in [1.29, 1.82) is 0 Å². The maximum atomic E-state index is 12.4. The van der Waals surface area contributed by atoms with Crippen molar-refractivity contribution >= 4 is 40.5 Å². The molecule has 0 radical (unpaired) electrons. The van der Waals surface area contributed by atoms with Gasteiger partial charge < -0.3 is 18.3 Å². The highest BCUT2D eigenvalue weighted by Crippen LogP contribution is 2.38. The van der Waals surface area contributed by atoms with Gasteiger partial charge in [0.15, 0.2) is 0 Å². The van der Waals surface area contributed by atoms with Crippen LogP contribution in [0.2, 0.25) is 0 Å². The van der Waals surface area contributed by atoms with Crippen molar-refractivity contribution in [2.45, 2.75) is 46.3 Å². The van der Waals surface area contributed by atoms with Crippen LogP contribution in [0.15, 0.2) is 18.3 Å². The Bertz CT molecular complexity index is 882. The van der Waals surface area contributed by atoms with Gasteiger partial charge in [-0.05, 0) is 56.8 Å². The fraction of sp³-hybridized carbons (Fsp3) is 0.500. The predicted octanol–water partition coefficient (Wildman–Crippen LogP) is 3.80. The van der Waals surface area contributed by atoms with E-state index in [2.05, 4.69) is 17.7 Å². The summed E-state index contributed by atoms with van der Waals surface area (Å²) in [5, 5.41) is 1.03. The van der Waals surface area contributed by atoms with Crippen LogP contribution >= 0.6 is 11.9 Å². The number of aryl methyl sites for hydroxylation is 2. The molecule has 0 aliphatic carbocycles. The molecule has 1 aromatic heterocycles. The molecular formula is C20H26N2O4S. The molecule has 2 aromatic rings. The number of nitrogens with zero attached hydrogens (tertiary/aromatic N) is 2. The van der Waals surface area contributed by atoms with Gasteiger partial charge in [-0.25, -0.2) is 4.79 Å². The summed E-state index contributed by atoms with van der Waals surface area (Å²) in [6.07, 6.45) is 3.01. The maximum Gasteiger partial charge on any atom is 0.337 e. The number of carbonyl (C=O) groups is 2. The smallest absolute Gasteiger partial charge is 0.337 e. The molecular weight excluding hydrogens is 364 g/mol. The lowest BCUT2D eigenvalue weighted by molar-refractivity contribution is -0.152. The lowest BCUT2D eigenvalue weighted by Crippen LogP contribution is -2.31. The van der Waals surface area contributed by atoms with Crippen molar-refractivity contribution in [2.75, 3.05) is 23.7 Å². The number of rotatable bonds is 4. The van der Waals surface area contributed by atoms with E-state index >= 15 is 0 Å². The first-order chi connectivity index (χ1) is 12.7. The number of esters is 2. The molecule has 0 saturated heterocycles. The van der Waals surface area contributed by atoms with Gasteiger partial charge in [-0.3, -0.25) is 4.79 Å². The van der Waals surface area contributed by atoms with Crippen LogP contribution in [0.1, 0.15) is 43.6 Å². The van der Waals surface area contributed by atoms with Crippen molar-refractivity contribution in [3.63, 3.8) is 0 Å². The number of benzene rings is 1. The largest absolute Gasteiger partial charge is 0.465 e. The standard InChI is InChI=1S/C20H26N2O4S/c1-6-13-11-21-7-8-27-22(12-17(23)26-20(2,3)4)16-10-14(19(24)25-5)9-15(13)18(16)21/h9-11H,6-8,12H2,1-5H3. The van der Waals surface area contributed by atoms with E-state index in [1.54, 1.807) is 11.9 Å². The topological polar surface area (TPSA) is 60.8 Å². The van der Waals surface area contributed by atoms with Crippen LogP contribution in [0.5, 0.6) is 0 Å². The molecule has 6 nitrogen and oxygen atoms in total. The Labute approximate surface area is 163 Å². The van der Waals surface area contributed by atoms with Gasteiger partial charge in [0.25, 0.3) is 0 Å². The summed E-state index contributed by atoms with van der Waals surface area (Å²) >= 11 is 1.57. The number of aromatic nitrogens is 1. The van der Waals surface area contributed by atoms with Crippen LogP contribution in [-0.4, -0.2) is 41.5 Å². The second kappa shape index (κ2) is 7.46. The molecule has 27 heavy (non-hydrogen) atoms. The second-order valence-electron chi connectivity index (χ2n) is 7.54. The molecule has 1 aromatic carbocycles. The first-order valence-corrected chi connectivity index (χ1v) is 10.0. The number of anilines is 1. The zero-order chi connectivity index (χ0) is 19.8. The molecule has 2 heterocycles. The van der Waals surface area contributed by atoms with E-state index in [1.165, 1.54) is 12.7 Å². The second-order valence-corrected chi connectivity index (χ2v) is 8.65. The van der Waals surface area contributed by atoms with E-state index < -0.39 is 5.60 Å². The first-order valence-electron chi connectivity index (χ1n) is 9.10. The quantitative estimate of drug-likeness (QED) is 0.585. The van der Waals surface area contributed by atoms with Crippen LogP contribution in [0.4, 0.5) is 5.69 Å². The number of hydrogen-bond acceptors (Lipinski definition) is 6. The van der Waals surface area contributed by atoms with E-state index in [0.717, 1.165) is 35.3 Å². The van der Waals surface area contributed by atoms with E-state index in [1.807, 2.05) is 37.2 Å². The minimum Gasteiger partial charge on any atom is -0.465 e. The van der Waals surface area contributed by atoms with Gasteiger partial charge in [0, 0.05) is 23.9 Å². The average Bonchev–Trinajstić information content (AvgIpc) is 2.86. The Morgan fingerprint density at radius 3 is 2.63 bits per heavy atom. The SMILES string of the molecule is CCc1cn2c3c(cc(C(=O)OC)cc13)N(CC(=O)OC(C)(C)C)SCC2. The first kappa shape index (κ1) is 19.6. The van der Waals surface area contributed by atoms with Crippen LogP contribution < -0.4 is 4.31 Å². The van der Waals surface area contributed by atoms with E-state index in [4.69, 9.17) is 9.47 Å². The lowest BCUT2D eigenvalue weighted by atomic mass is 10.1. The van der Waals surface area contributed by atoms with Crippen LogP contribution in [0, 0.1) is 0 Å². The highest BCUT2D eigenvalue weighted by molar-refractivity contribution is 8.00. The molecule has 1 aliphatic rings. The Morgan fingerprint density at radius 2 is 2.00 bits per heavy atom. The lowest BCUT2D eigenvalue weighted by Gasteiger charge is -2.25. The van der Waals surface area contributed by atoms with Crippen molar-refractivity contribution in [3.8, 4) is 0 Å². The molecule has 0 N–H and O–H groups in total. The fourth-order valence-electron chi connectivity index (χ4n) is 3.31. The van der Waals surface area contributed by atoms with Crippen LogP contribution in [0.3, 0.4) is 0 Å². The normalized spacial score (nSPS) is 14.2. The third-order valence-electron chi connectivity index (χ3n) is 4.38. The summed E-state index contributed by atoms with van der Waals surface area (Å²) in [7, 11) is 1.38. The van der Waals surface area contributed by atoms with Crippen molar-refractivity contribution in [1.82, 2.24) is 4.57 Å². The number of hydrogen-bond donors (Lipinski definition) is 0. The molecule has 0 atom stereocenters. The summed E-state index contributed by atoms with van der Waals surface area (Å²) in [5.74, 6) is 0.162. The van der Waals surface area contributed by atoms with E-state index in [9.17, 15) is 9.59 Å². The van der Waals surface area contributed by atoms with E-state index in [0.29, 0.717) is 5.56 Å². The van der Waals surface area contributed by atoms with Crippen molar-refractivity contribution in [2.24, 2.45) is 0 Å². The summed E-state index contributed by atoms with van der Waals surface area (Å²) in [4.78, 5) is 24.6. The van der Waals surface area contributed by atoms with Gasteiger partial charge in [0.1, 0.15) is 12.1 Å². The Hall–Kier alpha value is -2.15. The minimum atomic E-state index is -0.535. The van der Waals surface area contributed by atoms with E-state index in [-0.39, 0.29) is 18.5 Å². The molecule has 146 valence electrons. The number of ether oxygens (including phenoxy) is 2. The molecule has 0 spiro atoms. The highest BCUT2D eigenvalue weighted by Gasteiger charge is 2.26. The summed E-state index contributed by atoms with van der Waals surface area (Å²) in [6, 6.07) is 3.70. The van der Waals surface area contributed by atoms with Crippen LogP contribution in [-0.2, 0) is 27.2 Å². The van der Waals surface area contributed by atoms with Crippen molar-refractivity contribution in [3.05, 3.63) is 29.5 Å². The Kier molecular flexibility index (Phi) is 5.42. The molecule has 0 bridgehead atoms. The monoisotopic (exact) mass is 390 g/mol. The summed E-state index contributed by atoms with van der Waals surface area (Å²) < 4.78 is 14.6. The minimum absolute atomic E-state index is 0.119. The third kappa shape index (κ3) is 4.08. The molecule has 0 fully saturated rings. The molecule has 0 unspecified atom stereocenters. The van der Waals surface area contributed by atoms with Gasteiger partial charge in [0.05, 0.1) is 23.9 Å². The summed E-state index contributed by atoms with van der Waals surface area (Å²) in [5.41, 5.74) is 3.03. The molecule has 0 saturated carbocycles. The third-order valence-corrected chi connectivity index (χ3v) is 5.38. The van der Waals surface area contributed by atoms with Gasteiger partial charge in [-0.15, -0.1) is 0 Å². The predicted molar refractivity (Wildman–Crippen MR) is 108 cm³/mol. The Balaban J connectivity index is 2.09. The zero-order valence-electron chi connectivity index (χ0n) is 16.5. The van der Waals surface area contributed by atoms with Gasteiger partial charge in [0.2, 0.25) is 0 Å². The van der Waals surface area contributed by atoms with Crippen molar-refractivity contribution < 1.29 is 19.1 Å².